The van der Waals surface area contributed by atoms with Gasteiger partial charge in [-0.05, 0) is 49.5 Å². The van der Waals surface area contributed by atoms with Gasteiger partial charge in [0.15, 0.2) is 5.11 Å². The van der Waals surface area contributed by atoms with Gasteiger partial charge in [-0.25, -0.2) is 4.79 Å². The summed E-state index contributed by atoms with van der Waals surface area (Å²) in [6, 6.07) is 13.9. The Morgan fingerprint density at radius 2 is 1.95 bits per heavy atom. The molecule has 0 aliphatic carbocycles. The van der Waals surface area contributed by atoms with Crippen LogP contribution in [-0.4, -0.2) is 22.8 Å². The highest BCUT2D eigenvalue weighted by Gasteiger charge is 2.07. The average molecular weight is 316 g/mol. The van der Waals surface area contributed by atoms with Gasteiger partial charge in [0.25, 0.3) is 0 Å². The lowest BCUT2D eigenvalue weighted by Gasteiger charge is -2.14. The molecule has 0 saturated heterocycles. The number of para-hydroxylation sites is 2. The molecule has 114 valence electrons. The van der Waals surface area contributed by atoms with Crippen molar-refractivity contribution in [1.29, 1.82) is 0 Å². The van der Waals surface area contributed by atoms with Gasteiger partial charge in [-0.1, -0.05) is 18.2 Å². The van der Waals surface area contributed by atoms with E-state index in [2.05, 4.69) is 10.6 Å². The standard InChI is InChI=1S/C16H16N2O3S/c1-2-21-14-9-4-3-8-13(14)18-16(22)17-12-7-5-6-11(10-12)15(19)20/h3-10H,2H2,1H3,(H,19,20)(H2,17,18,22). The zero-order valence-electron chi connectivity index (χ0n) is 12.0. The van der Waals surface area contributed by atoms with E-state index in [1.165, 1.54) is 12.1 Å². The zero-order chi connectivity index (χ0) is 15.9. The topological polar surface area (TPSA) is 70.6 Å². The van der Waals surface area contributed by atoms with Crippen LogP contribution in [0.15, 0.2) is 48.5 Å². The van der Waals surface area contributed by atoms with E-state index in [9.17, 15) is 4.79 Å². The van der Waals surface area contributed by atoms with E-state index in [-0.39, 0.29) is 5.56 Å². The maximum atomic E-state index is 11.0. The number of carboxylic acids is 1. The van der Waals surface area contributed by atoms with Crippen LogP contribution in [0.4, 0.5) is 11.4 Å². The van der Waals surface area contributed by atoms with Gasteiger partial charge in [0.05, 0.1) is 17.9 Å². The number of thiocarbonyl (C=S) groups is 1. The van der Waals surface area contributed by atoms with Crippen LogP contribution >= 0.6 is 12.2 Å². The van der Waals surface area contributed by atoms with E-state index in [1.807, 2.05) is 31.2 Å². The number of rotatable bonds is 5. The maximum Gasteiger partial charge on any atom is 0.335 e. The third-order valence-corrected chi connectivity index (χ3v) is 3.01. The fourth-order valence-electron chi connectivity index (χ4n) is 1.87. The second-order valence-corrected chi connectivity index (χ2v) is 4.80. The number of aromatic carboxylic acids is 1. The molecule has 5 nitrogen and oxygen atoms in total. The van der Waals surface area contributed by atoms with E-state index < -0.39 is 5.97 Å². The number of anilines is 2. The Morgan fingerprint density at radius 3 is 2.68 bits per heavy atom. The van der Waals surface area contributed by atoms with Crippen LogP contribution in [0, 0.1) is 0 Å². The molecule has 0 atom stereocenters. The monoisotopic (exact) mass is 316 g/mol. The molecular weight excluding hydrogens is 300 g/mol. The van der Waals surface area contributed by atoms with E-state index in [4.69, 9.17) is 22.1 Å². The Morgan fingerprint density at radius 1 is 1.18 bits per heavy atom. The zero-order valence-corrected chi connectivity index (χ0v) is 12.8. The molecule has 0 aliphatic heterocycles. The summed E-state index contributed by atoms with van der Waals surface area (Å²) in [5.74, 6) is -0.280. The van der Waals surface area contributed by atoms with Gasteiger partial charge in [0, 0.05) is 5.69 Å². The number of carboxylic acid groups (broad SMARTS) is 1. The molecule has 22 heavy (non-hydrogen) atoms. The Kier molecular flexibility index (Phi) is 5.32. The maximum absolute atomic E-state index is 11.0. The molecule has 0 unspecified atom stereocenters. The number of hydrogen-bond acceptors (Lipinski definition) is 3. The fourth-order valence-corrected chi connectivity index (χ4v) is 2.09. The molecule has 0 amide bonds. The summed E-state index contributed by atoms with van der Waals surface area (Å²) in [5.41, 5.74) is 1.55. The van der Waals surface area contributed by atoms with Crippen molar-refractivity contribution < 1.29 is 14.6 Å². The minimum atomic E-state index is -0.982. The Balaban J connectivity index is 2.07. The van der Waals surface area contributed by atoms with Crippen molar-refractivity contribution in [2.24, 2.45) is 0 Å². The molecule has 0 fully saturated rings. The number of carbonyl (C=O) groups is 1. The summed E-state index contributed by atoms with van der Waals surface area (Å²) in [6.45, 7) is 2.46. The molecule has 6 heteroatoms. The molecule has 3 N–H and O–H groups in total. The minimum absolute atomic E-state index is 0.197. The predicted molar refractivity (Wildman–Crippen MR) is 90.9 cm³/mol. The van der Waals surface area contributed by atoms with Crippen LogP contribution in [0.1, 0.15) is 17.3 Å². The van der Waals surface area contributed by atoms with Gasteiger partial charge in [-0.3, -0.25) is 0 Å². The molecular formula is C16H16N2O3S. The highest BCUT2D eigenvalue weighted by molar-refractivity contribution is 7.80. The first kappa shape index (κ1) is 15.8. The summed E-state index contributed by atoms with van der Waals surface area (Å²) < 4.78 is 5.51. The Bertz CT molecular complexity index is 689. The van der Waals surface area contributed by atoms with Crippen molar-refractivity contribution in [1.82, 2.24) is 0 Å². The fraction of sp³-hybridized carbons (Fsp3) is 0.125. The quantitative estimate of drug-likeness (QED) is 0.732. The van der Waals surface area contributed by atoms with Crippen LogP contribution in [0.5, 0.6) is 5.75 Å². The number of ether oxygens (including phenoxy) is 1. The Hall–Kier alpha value is -2.60. The Labute approximate surface area is 133 Å². The molecule has 0 radical (unpaired) electrons. The van der Waals surface area contributed by atoms with Gasteiger partial charge in [-0.2, -0.15) is 0 Å². The van der Waals surface area contributed by atoms with E-state index in [0.717, 1.165) is 5.69 Å². The van der Waals surface area contributed by atoms with Crippen LogP contribution < -0.4 is 15.4 Å². The number of benzene rings is 2. The first-order valence-corrected chi connectivity index (χ1v) is 7.14. The van der Waals surface area contributed by atoms with Crippen molar-refractivity contribution in [3.05, 3.63) is 54.1 Å². The van der Waals surface area contributed by atoms with E-state index in [1.54, 1.807) is 12.1 Å². The van der Waals surface area contributed by atoms with Crippen LogP contribution in [0.2, 0.25) is 0 Å². The average Bonchev–Trinajstić information content (AvgIpc) is 2.49. The van der Waals surface area contributed by atoms with Gasteiger partial charge < -0.3 is 20.5 Å². The molecule has 0 heterocycles. The molecule has 0 saturated carbocycles. The molecule has 2 aromatic carbocycles. The lowest BCUT2D eigenvalue weighted by atomic mass is 10.2. The van der Waals surface area contributed by atoms with Crippen molar-refractivity contribution in [3.63, 3.8) is 0 Å². The number of hydrogen-bond donors (Lipinski definition) is 3. The SMILES string of the molecule is CCOc1ccccc1NC(=S)Nc1cccc(C(=O)O)c1. The first-order chi connectivity index (χ1) is 10.6. The molecule has 0 bridgehead atoms. The summed E-state index contributed by atoms with van der Waals surface area (Å²) >= 11 is 5.25. The van der Waals surface area contributed by atoms with Gasteiger partial charge in [-0.15, -0.1) is 0 Å². The van der Waals surface area contributed by atoms with Crippen molar-refractivity contribution in [2.75, 3.05) is 17.2 Å². The van der Waals surface area contributed by atoms with E-state index >= 15 is 0 Å². The van der Waals surface area contributed by atoms with Crippen molar-refractivity contribution in [3.8, 4) is 5.75 Å². The molecule has 0 spiro atoms. The summed E-state index contributed by atoms with van der Waals surface area (Å²) in [5, 5.41) is 15.3. The second kappa shape index (κ2) is 7.42. The van der Waals surface area contributed by atoms with Crippen LogP contribution in [0.3, 0.4) is 0 Å². The molecule has 0 aromatic heterocycles. The first-order valence-electron chi connectivity index (χ1n) is 6.73. The number of nitrogens with one attached hydrogen (secondary N) is 2. The summed E-state index contributed by atoms with van der Waals surface area (Å²) in [6.07, 6.45) is 0. The van der Waals surface area contributed by atoms with Gasteiger partial charge >= 0.3 is 5.97 Å². The van der Waals surface area contributed by atoms with Crippen molar-refractivity contribution in [2.45, 2.75) is 6.92 Å². The second-order valence-electron chi connectivity index (χ2n) is 4.39. The lowest BCUT2D eigenvalue weighted by molar-refractivity contribution is 0.0697. The highest BCUT2D eigenvalue weighted by Crippen LogP contribution is 2.24. The third-order valence-electron chi connectivity index (χ3n) is 2.80. The van der Waals surface area contributed by atoms with Crippen molar-refractivity contribution >= 4 is 34.7 Å². The highest BCUT2D eigenvalue weighted by atomic mass is 32.1. The largest absolute Gasteiger partial charge is 0.492 e. The normalized spacial score (nSPS) is 9.86. The molecule has 0 aliphatic rings. The smallest absolute Gasteiger partial charge is 0.335 e. The summed E-state index contributed by atoms with van der Waals surface area (Å²) in [7, 11) is 0. The van der Waals surface area contributed by atoms with Gasteiger partial charge in [0.1, 0.15) is 5.75 Å². The molecule has 2 aromatic rings. The van der Waals surface area contributed by atoms with E-state index in [0.29, 0.717) is 23.2 Å². The van der Waals surface area contributed by atoms with Gasteiger partial charge in [0.2, 0.25) is 0 Å². The summed E-state index contributed by atoms with van der Waals surface area (Å²) in [4.78, 5) is 11.0. The minimum Gasteiger partial charge on any atom is -0.492 e. The van der Waals surface area contributed by atoms with Crippen LogP contribution in [-0.2, 0) is 0 Å². The molecule has 2 rings (SSSR count). The predicted octanol–water partition coefficient (Wildman–Crippen LogP) is 3.59. The lowest BCUT2D eigenvalue weighted by Crippen LogP contribution is -2.19. The van der Waals surface area contributed by atoms with Crippen LogP contribution in [0.25, 0.3) is 0 Å². The third kappa shape index (κ3) is 4.20.